The first-order chi connectivity index (χ1) is 10.1. The van der Waals surface area contributed by atoms with Crippen molar-refractivity contribution in [2.45, 2.75) is 19.4 Å². The van der Waals surface area contributed by atoms with Crippen LogP contribution in [0.1, 0.15) is 21.7 Å². The smallest absolute Gasteiger partial charge is 0.262 e. The van der Waals surface area contributed by atoms with Gasteiger partial charge < -0.3 is 10.2 Å². The number of hydrogen-bond donors (Lipinski definition) is 1. The number of hydrogen-bond acceptors (Lipinski definition) is 4. The molecule has 1 saturated heterocycles. The van der Waals surface area contributed by atoms with E-state index in [9.17, 15) is 9.59 Å². The first-order valence-corrected chi connectivity index (χ1v) is 7.59. The molecule has 1 aliphatic heterocycles. The Bertz CT molecular complexity index is 691. The van der Waals surface area contributed by atoms with Gasteiger partial charge in [0, 0.05) is 19.8 Å². The lowest BCUT2D eigenvalue weighted by Crippen LogP contribution is -2.41. The van der Waals surface area contributed by atoms with E-state index in [-0.39, 0.29) is 11.8 Å². The fourth-order valence-corrected chi connectivity index (χ4v) is 3.28. The van der Waals surface area contributed by atoms with Crippen molar-refractivity contribution in [2.75, 3.05) is 11.4 Å². The van der Waals surface area contributed by atoms with Crippen LogP contribution in [0.4, 0.5) is 5.69 Å². The Morgan fingerprint density at radius 1 is 1.52 bits per heavy atom. The van der Waals surface area contributed by atoms with Gasteiger partial charge in [0.1, 0.15) is 6.04 Å². The number of nitrogens with one attached hydrogen (secondary N) is 1. The van der Waals surface area contributed by atoms with Crippen molar-refractivity contribution in [3.05, 3.63) is 34.3 Å². The summed E-state index contributed by atoms with van der Waals surface area (Å²) in [4.78, 5) is 26.9. The first kappa shape index (κ1) is 13.8. The minimum atomic E-state index is -0.459. The topological polar surface area (TPSA) is 67.2 Å². The number of anilines is 1. The summed E-state index contributed by atoms with van der Waals surface area (Å²) in [5, 5.41) is 8.78. The second-order valence-corrected chi connectivity index (χ2v) is 6.03. The van der Waals surface area contributed by atoms with E-state index >= 15 is 0 Å². The van der Waals surface area contributed by atoms with E-state index in [0.29, 0.717) is 17.8 Å². The van der Waals surface area contributed by atoms with E-state index in [1.807, 2.05) is 25.4 Å². The number of carbonyl (C=O) groups is 2. The van der Waals surface area contributed by atoms with Crippen molar-refractivity contribution in [1.82, 2.24) is 15.1 Å². The lowest BCUT2D eigenvalue weighted by molar-refractivity contribution is -0.118. The summed E-state index contributed by atoms with van der Waals surface area (Å²) in [7, 11) is 1.81. The molecule has 0 aliphatic carbocycles. The molecule has 2 aromatic heterocycles. The second-order valence-electron chi connectivity index (χ2n) is 5.11. The average Bonchev–Trinajstić information content (AvgIpc) is 3.13. The third-order valence-electron chi connectivity index (χ3n) is 3.58. The highest BCUT2D eigenvalue weighted by Gasteiger charge is 2.34. The fourth-order valence-electron chi connectivity index (χ4n) is 2.45. The highest BCUT2D eigenvalue weighted by atomic mass is 32.1. The van der Waals surface area contributed by atoms with Gasteiger partial charge in [-0.2, -0.15) is 5.10 Å². The largest absolute Gasteiger partial charge is 0.339 e. The standard InChI is InChI=1S/C14H16N4O2S/c1-9-4-6-21-12(9)13(19)16-11-3-5-18(14(11)20)10-7-15-17(2)8-10/h4,6-8,11H,3,5H2,1-2H3,(H,16,19)/t11-/m0/s1. The summed E-state index contributed by atoms with van der Waals surface area (Å²) in [5.41, 5.74) is 1.71. The van der Waals surface area contributed by atoms with Crippen molar-refractivity contribution in [3.63, 3.8) is 0 Å². The molecule has 7 heteroatoms. The third-order valence-corrected chi connectivity index (χ3v) is 4.60. The summed E-state index contributed by atoms with van der Waals surface area (Å²) in [6, 6.07) is 1.44. The van der Waals surface area contributed by atoms with Crippen molar-refractivity contribution >= 4 is 28.8 Å². The Balaban J connectivity index is 1.70. The van der Waals surface area contributed by atoms with Gasteiger partial charge >= 0.3 is 0 Å². The molecule has 1 aliphatic rings. The predicted molar refractivity (Wildman–Crippen MR) is 80.5 cm³/mol. The van der Waals surface area contributed by atoms with Crippen LogP contribution in [0.2, 0.25) is 0 Å². The summed E-state index contributed by atoms with van der Waals surface area (Å²) in [6.07, 6.45) is 4.07. The minimum absolute atomic E-state index is 0.0782. The number of aromatic nitrogens is 2. The van der Waals surface area contributed by atoms with E-state index in [0.717, 1.165) is 11.3 Å². The van der Waals surface area contributed by atoms with Crippen LogP contribution in [-0.4, -0.2) is 34.2 Å². The maximum atomic E-state index is 12.4. The highest BCUT2D eigenvalue weighted by Crippen LogP contribution is 2.22. The Morgan fingerprint density at radius 3 is 2.95 bits per heavy atom. The molecule has 1 atom stereocenters. The molecule has 0 radical (unpaired) electrons. The summed E-state index contributed by atoms with van der Waals surface area (Å²) >= 11 is 1.39. The average molecular weight is 304 g/mol. The van der Waals surface area contributed by atoms with Gasteiger partial charge in [0.25, 0.3) is 5.91 Å². The van der Waals surface area contributed by atoms with Gasteiger partial charge in [-0.15, -0.1) is 11.3 Å². The lowest BCUT2D eigenvalue weighted by Gasteiger charge is -2.15. The van der Waals surface area contributed by atoms with Gasteiger partial charge in [-0.05, 0) is 30.4 Å². The Morgan fingerprint density at radius 2 is 2.33 bits per heavy atom. The highest BCUT2D eigenvalue weighted by molar-refractivity contribution is 7.12. The number of carbonyl (C=O) groups excluding carboxylic acids is 2. The zero-order valence-corrected chi connectivity index (χ0v) is 12.7. The molecule has 21 heavy (non-hydrogen) atoms. The molecule has 0 saturated carbocycles. The predicted octanol–water partition coefficient (Wildman–Crippen LogP) is 1.33. The summed E-state index contributed by atoms with van der Waals surface area (Å²) in [6.45, 7) is 2.49. The van der Waals surface area contributed by atoms with E-state index < -0.39 is 6.04 Å². The summed E-state index contributed by atoms with van der Waals surface area (Å²) in [5.74, 6) is -0.251. The molecule has 110 valence electrons. The molecule has 3 heterocycles. The number of aryl methyl sites for hydroxylation is 2. The van der Waals surface area contributed by atoms with E-state index in [4.69, 9.17) is 0 Å². The van der Waals surface area contributed by atoms with E-state index in [1.165, 1.54) is 11.3 Å². The van der Waals surface area contributed by atoms with Crippen LogP contribution in [0.15, 0.2) is 23.8 Å². The van der Waals surface area contributed by atoms with Crippen molar-refractivity contribution in [2.24, 2.45) is 7.05 Å². The number of amides is 2. The van der Waals surface area contributed by atoms with Gasteiger partial charge in [-0.1, -0.05) is 0 Å². The van der Waals surface area contributed by atoms with Gasteiger partial charge in [-0.3, -0.25) is 14.3 Å². The van der Waals surface area contributed by atoms with Crippen LogP contribution in [-0.2, 0) is 11.8 Å². The zero-order valence-electron chi connectivity index (χ0n) is 11.9. The van der Waals surface area contributed by atoms with Crippen LogP contribution in [0.25, 0.3) is 0 Å². The molecule has 6 nitrogen and oxygen atoms in total. The van der Waals surface area contributed by atoms with Crippen molar-refractivity contribution in [1.29, 1.82) is 0 Å². The maximum absolute atomic E-state index is 12.4. The Hall–Kier alpha value is -2.15. The summed E-state index contributed by atoms with van der Waals surface area (Å²) < 4.78 is 1.66. The molecular weight excluding hydrogens is 288 g/mol. The normalized spacial score (nSPS) is 18.3. The number of nitrogens with zero attached hydrogens (tertiary/aromatic N) is 3. The van der Waals surface area contributed by atoms with Crippen LogP contribution >= 0.6 is 11.3 Å². The van der Waals surface area contributed by atoms with E-state index in [2.05, 4.69) is 10.4 Å². The molecule has 3 rings (SSSR count). The molecule has 2 amide bonds. The monoisotopic (exact) mass is 304 g/mol. The quantitative estimate of drug-likeness (QED) is 0.930. The zero-order chi connectivity index (χ0) is 15.0. The van der Waals surface area contributed by atoms with Crippen LogP contribution < -0.4 is 10.2 Å². The molecule has 1 fully saturated rings. The van der Waals surface area contributed by atoms with Gasteiger partial charge in [0.2, 0.25) is 5.91 Å². The molecule has 0 spiro atoms. The maximum Gasteiger partial charge on any atom is 0.262 e. The van der Waals surface area contributed by atoms with Crippen molar-refractivity contribution in [3.8, 4) is 0 Å². The first-order valence-electron chi connectivity index (χ1n) is 6.71. The molecule has 1 N–H and O–H groups in total. The fraction of sp³-hybridized carbons (Fsp3) is 0.357. The molecule has 0 bridgehead atoms. The Labute approximate surface area is 126 Å². The molecule has 0 aromatic carbocycles. The SMILES string of the molecule is Cc1ccsc1C(=O)N[C@H]1CCN(c2cnn(C)c2)C1=O. The van der Waals surface area contributed by atoms with Gasteiger partial charge in [-0.25, -0.2) is 0 Å². The molecule has 0 unspecified atom stereocenters. The van der Waals surface area contributed by atoms with E-state index in [1.54, 1.807) is 22.0 Å². The molecular formula is C14H16N4O2S. The molecule has 2 aromatic rings. The van der Waals surface area contributed by atoms with Gasteiger partial charge in [0.05, 0.1) is 16.8 Å². The number of rotatable bonds is 3. The Kier molecular flexibility index (Phi) is 3.50. The van der Waals surface area contributed by atoms with Crippen LogP contribution in [0, 0.1) is 6.92 Å². The second kappa shape index (κ2) is 5.33. The minimum Gasteiger partial charge on any atom is -0.339 e. The number of thiophene rings is 1. The van der Waals surface area contributed by atoms with Crippen LogP contribution in [0.5, 0.6) is 0 Å². The van der Waals surface area contributed by atoms with Crippen molar-refractivity contribution < 1.29 is 9.59 Å². The van der Waals surface area contributed by atoms with Gasteiger partial charge in [0.15, 0.2) is 0 Å². The third kappa shape index (κ3) is 2.56. The van der Waals surface area contributed by atoms with Crippen LogP contribution in [0.3, 0.4) is 0 Å². The lowest BCUT2D eigenvalue weighted by atomic mass is 10.2.